The molecule has 2 fully saturated rings. The van der Waals surface area contributed by atoms with Gasteiger partial charge < -0.3 is 5.32 Å². The Kier molecular flexibility index (Phi) is 5.87. The maximum atomic E-state index is 12.7. The second-order valence-corrected chi connectivity index (χ2v) is 8.67. The lowest BCUT2D eigenvalue weighted by Gasteiger charge is -2.36. The van der Waals surface area contributed by atoms with Crippen molar-refractivity contribution in [2.24, 2.45) is 5.92 Å². The molecule has 1 aliphatic heterocycles. The van der Waals surface area contributed by atoms with Crippen molar-refractivity contribution in [1.82, 2.24) is 9.62 Å². The molecular formula is C15H30N2O2S. The van der Waals surface area contributed by atoms with Crippen LogP contribution in [0, 0.1) is 5.92 Å². The number of nitrogens with zero attached hydrogens (tertiary/aromatic N) is 1. The highest BCUT2D eigenvalue weighted by Crippen LogP contribution is 2.30. The summed E-state index contributed by atoms with van der Waals surface area (Å²) in [5, 5.41) is 3.42. The summed E-state index contributed by atoms with van der Waals surface area (Å²) in [6.45, 7) is 6.84. The number of sulfonamides is 1. The van der Waals surface area contributed by atoms with E-state index in [-0.39, 0.29) is 5.25 Å². The topological polar surface area (TPSA) is 49.4 Å². The fourth-order valence-corrected chi connectivity index (χ4v) is 5.68. The molecule has 1 aliphatic carbocycles. The lowest BCUT2D eigenvalue weighted by molar-refractivity contribution is 0.222. The van der Waals surface area contributed by atoms with Crippen LogP contribution in [0.15, 0.2) is 0 Å². The summed E-state index contributed by atoms with van der Waals surface area (Å²) >= 11 is 0. The Morgan fingerprint density at radius 2 is 1.90 bits per heavy atom. The van der Waals surface area contributed by atoms with Crippen molar-refractivity contribution in [2.75, 3.05) is 19.6 Å². The van der Waals surface area contributed by atoms with Crippen molar-refractivity contribution in [1.29, 1.82) is 0 Å². The molecular weight excluding hydrogens is 272 g/mol. The van der Waals surface area contributed by atoms with Gasteiger partial charge in [-0.05, 0) is 51.5 Å². The van der Waals surface area contributed by atoms with Gasteiger partial charge in [-0.15, -0.1) is 0 Å². The quantitative estimate of drug-likeness (QED) is 0.819. The van der Waals surface area contributed by atoms with Gasteiger partial charge in [0.05, 0.1) is 5.25 Å². The van der Waals surface area contributed by atoms with Crippen LogP contribution in [0.2, 0.25) is 0 Å². The van der Waals surface area contributed by atoms with E-state index in [4.69, 9.17) is 0 Å². The van der Waals surface area contributed by atoms with Crippen molar-refractivity contribution in [3.63, 3.8) is 0 Å². The van der Waals surface area contributed by atoms with E-state index in [0.29, 0.717) is 12.0 Å². The van der Waals surface area contributed by atoms with Crippen molar-refractivity contribution in [3.05, 3.63) is 0 Å². The van der Waals surface area contributed by atoms with Crippen LogP contribution in [0.5, 0.6) is 0 Å². The number of rotatable bonds is 6. The zero-order chi connectivity index (χ0) is 14.6. The predicted molar refractivity (Wildman–Crippen MR) is 83.2 cm³/mol. The second-order valence-electron chi connectivity index (χ2n) is 6.45. The molecule has 1 heterocycles. The van der Waals surface area contributed by atoms with Crippen LogP contribution in [0.25, 0.3) is 0 Å². The molecule has 4 nitrogen and oxygen atoms in total. The predicted octanol–water partition coefficient (Wildman–Crippen LogP) is 2.36. The molecule has 0 aromatic rings. The number of piperidine rings is 1. The minimum Gasteiger partial charge on any atom is -0.314 e. The molecule has 0 amide bonds. The highest BCUT2D eigenvalue weighted by atomic mass is 32.2. The molecule has 0 bridgehead atoms. The molecule has 0 spiro atoms. The Morgan fingerprint density at radius 3 is 2.55 bits per heavy atom. The van der Waals surface area contributed by atoms with Crippen LogP contribution in [0.4, 0.5) is 0 Å². The van der Waals surface area contributed by atoms with E-state index in [1.807, 2.05) is 0 Å². The van der Waals surface area contributed by atoms with Crippen molar-refractivity contribution >= 4 is 10.0 Å². The number of hydrogen-bond acceptors (Lipinski definition) is 3. The molecule has 2 unspecified atom stereocenters. The van der Waals surface area contributed by atoms with Gasteiger partial charge in [0, 0.05) is 19.1 Å². The summed E-state index contributed by atoms with van der Waals surface area (Å²) in [7, 11) is -3.04. The minimum atomic E-state index is -3.04. The summed E-state index contributed by atoms with van der Waals surface area (Å²) in [6.07, 6.45) is 7.18. The van der Waals surface area contributed by atoms with Gasteiger partial charge in [-0.25, -0.2) is 12.7 Å². The molecule has 20 heavy (non-hydrogen) atoms. The largest absolute Gasteiger partial charge is 0.314 e. The van der Waals surface area contributed by atoms with Crippen molar-refractivity contribution in [2.45, 2.75) is 70.1 Å². The lowest BCUT2D eigenvalue weighted by atomic mass is 9.93. The Labute approximate surface area is 124 Å². The zero-order valence-corrected chi connectivity index (χ0v) is 13.8. The fourth-order valence-electron chi connectivity index (χ4n) is 3.55. The molecule has 5 heteroatoms. The first kappa shape index (κ1) is 16.2. The monoisotopic (exact) mass is 302 g/mol. The minimum absolute atomic E-state index is 0.0971. The number of nitrogens with one attached hydrogen (secondary N) is 1. The Morgan fingerprint density at radius 1 is 1.20 bits per heavy atom. The van der Waals surface area contributed by atoms with Crippen LogP contribution in [0.1, 0.15) is 58.8 Å². The third-order valence-electron chi connectivity index (χ3n) is 4.93. The first-order valence-electron chi connectivity index (χ1n) is 8.28. The van der Waals surface area contributed by atoms with Gasteiger partial charge in [-0.2, -0.15) is 0 Å². The summed E-state index contributed by atoms with van der Waals surface area (Å²) in [6, 6.07) is 0.413. The standard InChI is InChI=1S/C15H30N2O2S/c1-3-10-16-13(2)14-7-6-11-17(12-14)20(18,19)15-8-4-5-9-15/h13-16H,3-12H2,1-2H3. The van der Waals surface area contributed by atoms with E-state index < -0.39 is 10.0 Å². The smallest absolute Gasteiger partial charge is 0.216 e. The molecule has 2 atom stereocenters. The van der Waals surface area contributed by atoms with Gasteiger partial charge in [0.15, 0.2) is 0 Å². The average Bonchev–Trinajstić information content (AvgIpc) is 2.99. The molecule has 0 radical (unpaired) electrons. The summed E-state index contributed by atoms with van der Waals surface area (Å²) in [5.41, 5.74) is 0. The number of hydrogen-bond donors (Lipinski definition) is 1. The third kappa shape index (κ3) is 3.74. The highest BCUT2D eigenvalue weighted by molar-refractivity contribution is 7.89. The molecule has 0 aromatic heterocycles. The van der Waals surface area contributed by atoms with E-state index in [1.54, 1.807) is 4.31 Å². The van der Waals surface area contributed by atoms with Gasteiger partial charge in [-0.1, -0.05) is 19.8 Å². The van der Waals surface area contributed by atoms with E-state index in [0.717, 1.165) is 64.6 Å². The van der Waals surface area contributed by atoms with Gasteiger partial charge >= 0.3 is 0 Å². The highest BCUT2D eigenvalue weighted by Gasteiger charge is 2.37. The van der Waals surface area contributed by atoms with Crippen LogP contribution in [0.3, 0.4) is 0 Å². The van der Waals surface area contributed by atoms with Crippen LogP contribution < -0.4 is 5.32 Å². The lowest BCUT2D eigenvalue weighted by Crippen LogP contribution is -2.48. The Bertz CT molecular complexity index is 391. The average molecular weight is 302 g/mol. The van der Waals surface area contributed by atoms with E-state index in [2.05, 4.69) is 19.2 Å². The first-order chi connectivity index (χ1) is 9.55. The third-order valence-corrected chi connectivity index (χ3v) is 7.29. The summed E-state index contributed by atoms with van der Waals surface area (Å²) < 4.78 is 27.1. The van der Waals surface area contributed by atoms with Gasteiger partial charge in [0.25, 0.3) is 0 Å². The van der Waals surface area contributed by atoms with Gasteiger partial charge in [0.1, 0.15) is 0 Å². The van der Waals surface area contributed by atoms with Crippen LogP contribution >= 0.6 is 0 Å². The summed E-state index contributed by atoms with van der Waals surface area (Å²) in [4.78, 5) is 0. The Hall–Kier alpha value is -0.130. The maximum absolute atomic E-state index is 12.7. The van der Waals surface area contributed by atoms with Crippen molar-refractivity contribution in [3.8, 4) is 0 Å². The molecule has 2 rings (SSSR count). The molecule has 1 saturated heterocycles. The van der Waals surface area contributed by atoms with E-state index in [1.165, 1.54) is 0 Å². The molecule has 1 N–H and O–H groups in total. The molecule has 0 aromatic carbocycles. The van der Waals surface area contributed by atoms with Gasteiger partial charge in [-0.3, -0.25) is 0 Å². The molecule has 1 saturated carbocycles. The van der Waals surface area contributed by atoms with Crippen molar-refractivity contribution < 1.29 is 8.42 Å². The van der Waals surface area contributed by atoms with Crippen LogP contribution in [-0.4, -0.2) is 43.6 Å². The zero-order valence-electron chi connectivity index (χ0n) is 13.0. The second kappa shape index (κ2) is 7.23. The van der Waals surface area contributed by atoms with Crippen LogP contribution in [-0.2, 0) is 10.0 Å². The first-order valence-corrected chi connectivity index (χ1v) is 9.78. The Balaban J connectivity index is 1.95. The maximum Gasteiger partial charge on any atom is 0.216 e. The molecule has 118 valence electrons. The SMILES string of the molecule is CCCNC(C)C1CCCN(S(=O)(=O)C2CCCC2)C1. The summed E-state index contributed by atoms with van der Waals surface area (Å²) in [5.74, 6) is 0.464. The normalized spacial score (nSPS) is 27.8. The fraction of sp³-hybridized carbons (Fsp3) is 1.00. The van der Waals surface area contributed by atoms with Gasteiger partial charge in [0.2, 0.25) is 10.0 Å². The molecule has 2 aliphatic rings. The van der Waals surface area contributed by atoms with E-state index in [9.17, 15) is 8.42 Å². The van der Waals surface area contributed by atoms with E-state index >= 15 is 0 Å².